The summed E-state index contributed by atoms with van der Waals surface area (Å²) in [4.78, 5) is 4.67. The van der Waals surface area contributed by atoms with Crippen LogP contribution in [-0.2, 0) is 19.9 Å². The van der Waals surface area contributed by atoms with Gasteiger partial charge < -0.3 is 10.6 Å². The Hall–Kier alpha value is -1.64. The van der Waals surface area contributed by atoms with Gasteiger partial charge in [0.1, 0.15) is 5.82 Å². The van der Waals surface area contributed by atoms with Gasteiger partial charge in [0, 0.05) is 32.4 Å². The molecule has 2 rings (SSSR count). The Morgan fingerprint density at radius 1 is 1.19 bits per heavy atom. The first-order chi connectivity index (χ1) is 12.4. The Bertz CT molecular complexity index is 770. The highest BCUT2D eigenvalue weighted by Gasteiger charge is 2.08. The third-order valence-electron chi connectivity index (χ3n) is 4.63. The zero-order chi connectivity index (χ0) is 19.1. The van der Waals surface area contributed by atoms with Crippen LogP contribution in [0.4, 0.5) is 4.39 Å². The molecule has 5 nitrogen and oxygen atoms in total. The summed E-state index contributed by atoms with van der Waals surface area (Å²) in [7, 11) is 1.97. The van der Waals surface area contributed by atoms with Gasteiger partial charge in [0.2, 0.25) is 0 Å². The van der Waals surface area contributed by atoms with Crippen molar-refractivity contribution < 1.29 is 4.39 Å². The van der Waals surface area contributed by atoms with Crippen molar-refractivity contribution in [2.75, 3.05) is 19.6 Å². The molecule has 0 radical (unpaired) electrons. The molecule has 1 heterocycles. The Morgan fingerprint density at radius 3 is 2.52 bits per heavy atom. The summed E-state index contributed by atoms with van der Waals surface area (Å²) >= 11 is 0. The van der Waals surface area contributed by atoms with Gasteiger partial charge in [0.05, 0.1) is 5.69 Å². The number of nitrogens with zero attached hydrogens (tertiary/aromatic N) is 3. The van der Waals surface area contributed by atoms with Crippen molar-refractivity contribution in [2.24, 2.45) is 12.0 Å². The molecule has 2 aromatic rings. The highest BCUT2D eigenvalue weighted by molar-refractivity contribution is 14.0. The lowest BCUT2D eigenvalue weighted by molar-refractivity contribution is 0.625. The zero-order valence-corrected chi connectivity index (χ0v) is 19.2. The molecule has 0 saturated heterocycles. The molecule has 0 spiro atoms. The fourth-order valence-corrected chi connectivity index (χ4v) is 3.06. The first kappa shape index (κ1) is 23.4. The average Bonchev–Trinajstić information content (AvgIpc) is 2.82. The van der Waals surface area contributed by atoms with Crippen molar-refractivity contribution in [3.63, 3.8) is 0 Å². The molecule has 0 fully saturated rings. The SMILES string of the molecule is CCNC(=NCCc1c(C)nn(C)c1C)NCCc1ccc(F)cc1C.I. The number of hydrogen-bond donors (Lipinski definition) is 2. The minimum absolute atomic E-state index is 0. The van der Waals surface area contributed by atoms with Gasteiger partial charge in [-0.3, -0.25) is 9.67 Å². The van der Waals surface area contributed by atoms with Gasteiger partial charge in [-0.25, -0.2) is 4.39 Å². The second-order valence-electron chi connectivity index (χ2n) is 6.53. The van der Waals surface area contributed by atoms with Crippen LogP contribution in [0, 0.1) is 26.6 Å². The Balaban J connectivity index is 0.00000364. The van der Waals surface area contributed by atoms with Crippen molar-refractivity contribution in [3.8, 4) is 0 Å². The number of nitrogens with one attached hydrogen (secondary N) is 2. The fourth-order valence-electron chi connectivity index (χ4n) is 3.06. The molecule has 150 valence electrons. The van der Waals surface area contributed by atoms with Gasteiger partial charge in [-0.15, -0.1) is 24.0 Å². The van der Waals surface area contributed by atoms with E-state index in [0.29, 0.717) is 6.54 Å². The number of halogens is 2. The summed E-state index contributed by atoms with van der Waals surface area (Å²) in [5.74, 6) is 0.626. The molecule has 0 unspecified atom stereocenters. The van der Waals surface area contributed by atoms with Crippen LogP contribution >= 0.6 is 24.0 Å². The lowest BCUT2D eigenvalue weighted by atomic mass is 10.1. The van der Waals surface area contributed by atoms with Crippen LogP contribution in [0.3, 0.4) is 0 Å². The Kier molecular flexibility index (Phi) is 9.76. The molecule has 1 aromatic heterocycles. The monoisotopic (exact) mass is 487 g/mol. The quantitative estimate of drug-likeness (QED) is 0.358. The van der Waals surface area contributed by atoms with E-state index in [-0.39, 0.29) is 29.8 Å². The number of aliphatic imine (C=N–C) groups is 1. The average molecular weight is 487 g/mol. The molecule has 0 saturated carbocycles. The van der Waals surface area contributed by atoms with E-state index in [1.54, 1.807) is 6.07 Å². The summed E-state index contributed by atoms with van der Waals surface area (Å²) < 4.78 is 15.1. The Morgan fingerprint density at radius 2 is 1.93 bits per heavy atom. The van der Waals surface area contributed by atoms with E-state index in [9.17, 15) is 4.39 Å². The summed E-state index contributed by atoms with van der Waals surface area (Å²) in [6.45, 7) is 10.4. The topological polar surface area (TPSA) is 54.2 Å². The van der Waals surface area contributed by atoms with E-state index in [1.807, 2.05) is 31.6 Å². The summed E-state index contributed by atoms with van der Waals surface area (Å²) in [5.41, 5.74) is 5.68. The smallest absolute Gasteiger partial charge is 0.191 e. The first-order valence-electron chi connectivity index (χ1n) is 9.18. The molecule has 0 aliphatic heterocycles. The largest absolute Gasteiger partial charge is 0.357 e. The lowest BCUT2D eigenvalue weighted by Gasteiger charge is -2.12. The molecule has 0 aliphatic carbocycles. The normalized spacial score (nSPS) is 11.3. The van der Waals surface area contributed by atoms with Crippen molar-refractivity contribution in [1.29, 1.82) is 0 Å². The summed E-state index contributed by atoms with van der Waals surface area (Å²) in [6.07, 6.45) is 1.70. The molecule has 0 aliphatic rings. The molecule has 0 atom stereocenters. The van der Waals surface area contributed by atoms with Gasteiger partial charge in [-0.1, -0.05) is 6.07 Å². The molecule has 1 aromatic carbocycles. The molecular weight excluding hydrogens is 456 g/mol. The number of aromatic nitrogens is 2. The van der Waals surface area contributed by atoms with E-state index >= 15 is 0 Å². The van der Waals surface area contributed by atoms with Crippen LogP contribution in [-0.4, -0.2) is 35.4 Å². The molecular formula is C20H31FIN5. The van der Waals surface area contributed by atoms with Crippen molar-refractivity contribution in [2.45, 2.75) is 40.5 Å². The van der Waals surface area contributed by atoms with E-state index in [2.05, 4.69) is 34.6 Å². The van der Waals surface area contributed by atoms with Crippen LogP contribution in [0.5, 0.6) is 0 Å². The van der Waals surface area contributed by atoms with Crippen LogP contribution < -0.4 is 10.6 Å². The van der Waals surface area contributed by atoms with Crippen LogP contribution in [0.1, 0.15) is 35.0 Å². The van der Waals surface area contributed by atoms with Crippen molar-refractivity contribution in [3.05, 3.63) is 52.1 Å². The molecule has 7 heteroatoms. The highest BCUT2D eigenvalue weighted by atomic mass is 127. The summed E-state index contributed by atoms with van der Waals surface area (Å²) in [6, 6.07) is 4.94. The van der Waals surface area contributed by atoms with Crippen molar-refractivity contribution in [1.82, 2.24) is 20.4 Å². The van der Waals surface area contributed by atoms with Crippen LogP contribution in [0.25, 0.3) is 0 Å². The number of benzene rings is 1. The molecule has 27 heavy (non-hydrogen) atoms. The number of aryl methyl sites for hydroxylation is 3. The lowest BCUT2D eigenvalue weighted by Crippen LogP contribution is -2.38. The third kappa shape index (κ3) is 6.79. The van der Waals surface area contributed by atoms with E-state index in [1.165, 1.54) is 17.3 Å². The molecule has 2 N–H and O–H groups in total. The standard InChI is InChI=1S/C20H30FN5.HI/c1-6-22-20(23-11-9-17-7-8-18(21)13-14(17)2)24-12-10-19-15(3)25-26(5)16(19)4;/h7-8,13H,6,9-12H2,1-5H3,(H2,22,23,24);1H. The van der Waals surface area contributed by atoms with E-state index in [0.717, 1.165) is 48.7 Å². The first-order valence-corrected chi connectivity index (χ1v) is 9.18. The minimum atomic E-state index is -0.185. The van der Waals surface area contributed by atoms with E-state index in [4.69, 9.17) is 0 Å². The molecule has 0 bridgehead atoms. The number of hydrogen-bond acceptors (Lipinski definition) is 2. The number of guanidine groups is 1. The molecule has 0 amide bonds. The van der Waals surface area contributed by atoms with Gasteiger partial charge in [0.15, 0.2) is 5.96 Å². The maximum Gasteiger partial charge on any atom is 0.191 e. The van der Waals surface area contributed by atoms with Gasteiger partial charge in [-0.05, 0) is 69.4 Å². The van der Waals surface area contributed by atoms with Gasteiger partial charge >= 0.3 is 0 Å². The fraction of sp³-hybridized carbons (Fsp3) is 0.500. The second kappa shape index (κ2) is 11.3. The predicted octanol–water partition coefficient (Wildman–Crippen LogP) is 3.44. The second-order valence-corrected chi connectivity index (χ2v) is 6.53. The van der Waals surface area contributed by atoms with Gasteiger partial charge in [-0.2, -0.15) is 5.10 Å². The zero-order valence-electron chi connectivity index (χ0n) is 16.9. The Labute approximate surface area is 178 Å². The maximum atomic E-state index is 13.2. The maximum absolute atomic E-state index is 13.2. The summed E-state index contributed by atoms with van der Waals surface area (Å²) in [5, 5.41) is 11.1. The minimum Gasteiger partial charge on any atom is -0.357 e. The highest BCUT2D eigenvalue weighted by Crippen LogP contribution is 2.12. The predicted molar refractivity (Wildman–Crippen MR) is 121 cm³/mol. The van der Waals surface area contributed by atoms with Crippen LogP contribution in [0.15, 0.2) is 23.2 Å². The third-order valence-corrected chi connectivity index (χ3v) is 4.63. The van der Waals surface area contributed by atoms with E-state index < -0.39 is 0 Å². The van der Waals surface area contributed by atoms with Crippen LogP contribution in [0.2, 0.25) is 0 Å². The van der Waals surface area contributed by atoms with Gasteiger partial charge in [0.25, 0.3) is 0 Å². The number of rotatable bonds is 7. The van der Waals surface area contributed by atoms with Crippen molar-refractivity contribution >= 4 is 29.9 Å².